The summed E-state index contributed by atoms with van der Waals surface area (Å²) in [5.74, 6) is -0.987. The number of aryl methyl sites for hydroxylation is 1. The summed E-state index contributed by atoms with van der Waals surface area (Å²) >= 11 is 7.69. The van der Waals surface area contributed by atoms with Crippen molar-refractivity contribution in [1.82, 2.24) is 4.98 Å². The third kappa shape index (κ3) is 3.05. The van der Waals surface area contributed by atoms with E-state index in [1.165, 1.54) is 0 Å². The van der Waals surface area contributed by atoms with Crippen molar-refractivity contribution in [2.45, 2.75) is 13.5 Å². The van der Waals surface area contributed by atoms with Crippen LogP contribution >= 0.6 is 22.9 Å². The molecular formula is C13H13ClN2O2S. The van der Waals surface area contributed by atoms with Gasteiger partial charge in [0.2, 0.25) is 0 Å². The molecule has 0 bridgehead atoms. The maximum absolute atomic E-state index is 11.2. The number of thiazole rings is 1. The van der Waals surface area contributed by atoms with Crippen LogP contribution in [0.2, 0.25) is 5.02 Å². The van der Waals surface area contributed by atoms with Gasteiger partial charge in [-0.05, 0) is 19.1 Å². The second kappa shape index (κ2) is 5.59. The van der Waals surface area contributed by atoms with Crippen molar-refractivity contribution in [3.8, 4) is 0 Å². The van der Waals surface area contributed by atoms with Crippen LogP contribution < -0.4 is 4.90 Å². The maximum atomic E-state index is 11.2. The first-order valence-corrected chi connectivity index (χ1v) is 6.88. The molecule has 0 saturated carbocycles. The van der Waals surface area contributed by atoms with E-state index in [1.807, 2.05) is 19.4 Å². The molecule has 1 N–H and O–H groups in total. The molecule has 0 spiro atoms. The Balaban J connectivity index is 2.32. The first-order valence-electron chi connectivity index (χ1n) is 5.63. The minimum Gasteiger partial charge on any atom is -0.478 e. The van der Waals surface area contributed by atoms with Crippen molar-refractivity contribution >= 4 is 34.6 Å². The molecule has 100 valence electrons. The Morgan fingerprint density at radius 1 is 1.53 bits per heavy atom. The predicted octanol–water partition coefficient (Wildman–Crippen LogP) is 3.44. The van der Waals surface area contributed by atoms with E-state index in [0.29, 0.717) is 17.3 Å². The molecule has 4 nitrogen and oxygen atoms in total. The number of para-hydroxylation sites is 1. The fraction of sp³-hybridized carbons (Fsp3) is 0.231. The normalized spacial score (nSPS) is 10.5. The highest BCUT2D eigenvalue weighted by Gasteiger charge is 2.17. The van der Waals surface area contributed by atoms with Crippen molar-refractivity contribution in [3.63, 3.8) is 0 Å². The van der Waals surface area contributed by atoms with Gasteiger partial charge in [0.15, 0.2) is 0 Å². The van der Waals surface area contributed by atoms with Crippen molar-refractivity contribution in [2.75, 3.05) is 11.9 Å². The lowest BCUT2D eigenvalue weighted by Gasteiger charge is -2.21. The van der Waals surface area contributed by atoms with E-state index < -0.39 is 5.97 Å². The zero-order valence-corrected chi connectivity index (χ0v) is 12.1. The SMILES string of the molecule is Cc1nc(CN(C)c2c(Cl)cccc2C(=O)O)cs1. The topological polar surface area (TPSA) is 53.4 Å². The maximum Gasteiger partial charge on any atom is 0.337 e. The van der Waals surface area contributed by atoms with E-state index in [9.17, 15) is 9.90 Å². The highest BCUT2D eigenvalue weighted by molar-refractivity contribution is 7.09. The number of halogens is 1. The second-order valence-electron chi connectivity index (χ2n) is 4.16. The molecule has 19 heavy (non-hydrogen) atoms. The molecule has 0 atom stereocenters. The molecule has 1 aromatic carbocycles. The van der Waals surface area contributed by atoms with Gasteiger partial charge in [-0.15, -0.1) is 11.3 Å². The molecular weight excluding hydrogens is 284 g/mol. The van der Waals surface area contributed by atoms with E-state index >= 15 is 0 Å². The molecule has 0 saturated heterocycles. The summed E-state index contributed by atoms with van der Waals surface area (Å²) in [5, 5.41) is 12.6. The Bertz CT molecular complexity index is 612. The van der Waals surface area contributed by atoms with Crippen LogP contribution in [-0.4, -0.2) is 23.1 Å². The first-order chi connectivity index (χ1) is 8.99. The van der Waals surface area contributed by atoms with Crippen molar-refractivity contribution in [3.05, 3.63) is 44.9 Å². The van der Waals surface area contributed by atoms with E-state index in [4.69, 9.17) is 11.6 Å². The van der Waals surface area contributed by atoms with Crippen LogP contribution in [0.15, 0.2) is 23.6 Å². The van der Waals surface area contributed by atoms with Crippen LogP contribution in [0.4, 0.5) is 5.69 Å². The summed E-state index contributed by atoms with van der Waals surface area (Å²) in [6, 6.07) is 4.87. The average Bonchev–Trinajstić information content (AvgIpc) is 2.74. The summed E-state index contributed by atoms with van der Waals surface area (Å²) in [5.41, 5.74) is 1.62. The van der Waals surface area contributed by atoms with Crippen molar-refractivity contribution < 1.29 is 9.90 Å². The van der Waals surface area contributed by atoms with Gasteiger partial charge >= 0.3 is 5.97 Å². The van der Waals surface area contributed by atoms with Crippen LogP contribution in [0.1, 0.15) is 21.1 Å². The predicted molar refractivity (Wildman–Crippen MR) is 77.4 cm³/mol. The van der Waals surface area contributed by atoms with Crippen LogP contribution in [0.3, 0.4) is 0 Å². The average molecular weight is 297 g/mol. The molecule has 2 rings (SSSR count). The van der Waals surface area contributed by atoms with Crippen LogP contribution in [0, 0.1) is 6.92 Å². The smallest absolute Gasteiger partial charge is 0.337 e. The number of hydrogen-bond donors (Lipinski definition) is 1. The van der Waals surface area contributed by atoms with Gasteiger partial charge in [0, 0.05) is 12.4 Å². The molecule has 0 amide bonds. The summed E-state index contributed by atoms with van der Waals surface area (Å²) in [6.45, 7) is 2.46. The summed E-state index contributed by atoms with van der Waals surface area (Å²) in [7, 11) is 1.81. The molecule has 1 heterocycles. The van der Waals surface area contributed by atoms with Gasteiger partial charge < -0.3 is 10.0 Å². The van der Waals surface area contributed by atoms with E-state index in [1.54, 1.807) is 34.4 Å². The summed E-state index contributed by atoms with van der Waals surface area (Å²) < 4.78 is 0. The number of carboxylic acids is 1. The molecule has 0 aliphatic rings. The number of nitrogens with zero attached hydrogens (tertiary/aromatic N) is 2. The fourth-order valence-corrected chi connectivity index (χ4v) is 2.80. The Labute approximate surface area is 120 Å². The second-order valence-corrected chi connectivity index (χ2v) is 5.62. The van der Waals surface area contributed by atoms with Gasteiger partial charge in [0.25, 0.3) is 0 Å². The third-order valence-electron chi connectivity index (χ3n) is 2.66. The lowest BCUT2D eigenvalue weighted by molar-refractivity contribution is 0.0697. The Morgan fingerprint density at radius 3 is 2.84 bits per heavy atom. The minimum atomic E-state index is -0.987. The third-order valence-corrected chi connectivity index (χ3v) is 3.79. The number of benzene rings is 1. The highest BCUT2D eigenvalue weighted by atomic mass is 35.5. The van der Waals surface area contributed by atoms with Crippen molar-refractivity contribution in [2.24, 2.45) is 0 Å². The number of rotatable bonds is 4. The molecule has 0 radical (unpaired) electrons. The van der Waals surface area contributed by atoms with Gasteiger partial charge in [-0.3, -0.25) is 0 Å². The monoisotopic (exact) mass is 296 g/mol. The standard InChI is InChI=1S/C13H13ClN2O2S/c1-8-15-9(7-19-8)6-16(2)12-10(13(17)18)4-3-5-11(12)14/h3-5,7H,6H2,1-2H3,(H,17,18). The number of hydrogen-bond acceptors (Lipinski definition) is 4. The number of aromatic nitrogens is 1. The van der Waals surface area contributed by atoms with E-state index in [0.717, 1.165) is 10.7 Å². The minimum absolute atomic E-state index is 0.196. The van der Waals surface area contributed by atoms with Gasteiger partial charge in [0.1, 0.15) is 0 Å². The zero-order valence-electron chi connectivity index (χ0n) is 10.6. The summed E-state index contributed by atoms with van der Waals surface area (Å²) in [6.07, 6.45) is 0. The first kappa shape index (κ1) is 13.8. The summed E-state index contributed by atoms with van der Waals surface area (Å²) in [4.78, 5) is 17.4. The Hall–Kier alpha value is -1.59. The molecule has 0 aliphatic carbocycles. The molecule has 0 aliphatic heterocycles. The van der Waals surface area contributed by atoms with Crippen molar-refractivity contribution in [1.29, 1.82) is 0 Å². The van der Waals surface area contributed by atoms with E-state index in [-0.39, 0.29) is 5.56 Å². The Morgan fingerprint density at radius 2 is 2.26 bits per heavy atom. The van der Waals surface area contributed by atoms with Crippen LogP contribution in [0.5, 0.6) is 0 Å². The molecule has 0 unspecified atom stereocenters. The highest BCUT2D eigenvalue weighted by Crippen LogP contribution is 2.30. The molecule has 1 aromatic heterocycles. The van der Waals surface area contributed by atoms with Gasteiger partial charge in [0.05, 0.1) is 33.5 Å². The largest absolute Gasteiger partial charge is 0.478 e. The quantitative estimate of drug-likeness (QED) is 0.939. The number of carbonyl (C=O) groups is 1. The van der Waals surface area contributed by atoms with Gasteiger partial charge in [-0.25, -0.2) is 9.78 Å². The van der Waals surface area contributed by atoms with Gasteiger partial charge in [-0.1, -0.05) is 17.7 Å². The van der Waals surface area contributed by atoms with Gasteiger partial charge in [-0.2, -0.15) is 0 Å². The number of aromatic carboxylic acids is 1. The zero-order chi connectivity index (χ0) is 14.0. The number of carboxylic acid groups (broad SMARTS) is 1. The van der Waals surface area contributed by atoms with Crippen LogP contribution in [0.25, 0.3) is 0 Å². The molecule has 0 fully saturated rings. The Kier molecular flexibility index (Phi) is 4.07. The fourth-order valence-electron chi connectivity index (χ4n) is 1.88. The van der Waals surface area contributed by atoms with E-state index in [2.05, 4.69) is 4.98 Å². The lowest BCUT2D eigenvalue weighted by atomic mass is 10.1. The molecule has 2 aromatic rings. The molecule has 6 heteroatoms. The lowest BCUT2D eigenvalue weighted by Crippen LogP contribution is -2.20. The number of anilines is 1. The van der Waals surface area contributed by atoms with Crippen LogP contribution in [-0.2, 0) is 6.54 Å².